The SMILES string of the molecule is Cc1cnc(N[C@@H]2CCOC[C@H]2O)nc1-c1cc2c(=O)[nH]cc(C(C)C)c2s1. The van der Waals surface area contributed by atoms with Gasteiger partial charge in [0.1, 0.15) is 0 Å². The largest absolute Gasteiger partial charge is 0.389 e. The van der Waals surface area contributed by atoms with E-state index in [4.69, 9.17) is 9.72 Å². The standard InChI is InChI=1S/C20H24N4O3S/c1-10(2)13-8-21-19(26)12-6-16(28-18(12)13)17-11(3)7-22-20(24-17)23-14-4-5-27-9-15(14)25/h6-8,10,14-15,25H,4-5,9H2,1-3H3,(H,21,26)(H,22,23,24)/t14-,15-/m1/s1. The number of aryl methyl sites for hydroxylation is 1. The molecule has 3 aromatic heterocycles. The molecular formula is C20H24N4O3S. The zero-order chi connectivity index (χ0) is 19.8. The van der Waals surface area contributed by atoms with Crippen LogP contribution < -0.4 is 10.9 Å². The van der Waals surface area contributed by atoms with Crippen molar-refractivity contribution in [3.05, 3.63) is 39.9 Å². The number of aliphatic hydroxyl groups is 1. The maximum Gasteiger partial charge on any atom is 0.256 e. The van der Waals surface area contributed by atoms with Crippen LogP contribution in [0, 0.1) is 6.92 Å². The molecule has 4 heterocycles. The number of fused-ring (bicyclic) bond motifs is 1. The summed E-state index contributed by atoms with van der Waals surface area (Å²) in [5.74, 6) is 0.784. The van der Waals surface area contributed by atoms with E-state index in [9.17, 15) is 9.90 Å². The van der Waals surface area contributed by atoms with Crippen LogP contribution in [0.4, 0.5) is 5.95 Å². The Morgan fingerprint density at radius 3 is 3.00 bits per heavy atom. The fourth-order valence-electron chi connectivity index (χ4n) is 3.42. The summed E-state index contributed by atoms with van der Waals surface area (Å²) in [7, 11) is 0. The van der Waals surface area contributed by atoms with Gasteiger partial charge in [0, 0.05) is 23.7 Å². The molecule has 1 fully saturated rings. The summed E-state index contributed by atoms with van der Waals surface area (Å²) < 4.78 is 6.28. The third kappa shape index (κ3) is 3.55. The topological polar surface area (TPSA) is 100 Å². The zero-order valence-electron chi connectivity index (χ0n) is 16.2. The molecule has 0 amide bonds. The first kappa shape index (κ1) is 19.0. The highest BCUT2D eigenvalue weighted by Gasteiger charge is 2.24. The summed E-state index contributed by atoms with van der Waals surface area (Å²) in [6.45, 7) is 7.10. The van der Waals surface area contributed by atoms with Crippen LogP contribution in [0.1, 0.15) is 37.3 Å². The molecule has 1 aliphatic heterocycles. The Balaban J connectivity index is 1.74. The molecule has 8 heteroatoms. The minimum Gasteiger partial charge on any atom is -0.389 e. The van der Waals surface area contributed by atoms with Crippen molar-refractivity contribution in [1.29, 1.82) is 0 Å². The van der Waals surface area contributed by atoms with Crippen molar-refractivity contribution >= 4 is 27.4 Å². The lowest BCUT2D eigenvalue weighted by Gasteiger charge is -2.28. The Bertz CT molecular complexity index is 1060. The fourth-order valence-corrected chi connectivity index (χ4v) is 4.80. The molecule has 0 aromatic carbocycles. The lowest BCUT2D eigenvalue weighted by atomic mass is 10.0. The van der Waals surface area contributed by atoms with Crippen molar-refractivity contribution in [3.8, 4) is 10.6 Å². The van der Waals surface area contributed by atoms with Crippen LogP contribution in [-0.4, -0.2) is 45.4 Å². The van der Waals surface area contributed by atoms with Crippen LogP contribution in [0.2, 0.25) is 0 Å². The summed E-state index contributed by atoms with van der Waals surface area (Å²) in [6, 6.07) is 1.77. The van der Waals surface area contributed by atoms with Gasteiger partial charge in [-0.1, -0.05) is 13.8 Å². The molecule has 0 saturated carbocycles. The molecule has 0 spiro atoms. The summed E-state index contributed by atoms with van der Waals surface area (Å²) in [5.41, 5.74) is 2.78. The quantitative estimate of drug-likeness (QED) is 0.622. The molecule has 28 heavy (non-hydrogen) atoms. The van der Waals surface area contributed by atoms with E-state index < -0.39 is 6.10 Å². The van der Waals surface area contributed by atoms with E-state index in [2.05, 4.69) is 29.1 Å². The second-order valence-electron chi connectivity index (χ2n) is 7.49. The molecule has 0 aliphatic carbocycles. The number of hydrogen-bond acceptors (Lipinski definition) is 7. The van der Waals surface area contributed by atoms with E-state index in [-0.39, 0.29) is 11.6 Å². The Hall–Kier alpha value is -2.29. The Morgan fingerprint density at radius 1 is 1.43 bits per heavy atom. The number of hydrogen-bond donors (Lipinski definition) is 3. The van der Waals surface area contributed by atoms with E-state index in [0.717, 1.165) is 26.4 Å². The molecule has 4 rings (SSSR count). The Kier molecular flexibility index (Phi) is 5.18. The second-order valence-corrected chi connectivity index (χ2v) is 8.54. The minimum absolute atomic E-state index is 0.0858. The van der Waals surface area contributed by atoms with Crippen LogP contribution >= 0.6 is 11.3 Å². The third-order valence-corrected chi connectivity index (χ3v) is 6.26. The van der Waals surface area contributed by atoms with Crippen molar-refractivity contribution in [2.75, 3.05) is 18.5 Å². The number of anilines is 1. The molecule has 148 valence electrons. The van der Waals surface area contributed by atoms with Gasteiger partial charge in [0.2, 0.25) is 5.95 Å². The monoisotopic (exact) mass is 400 g/mol. The molecular weight excluding hydrogens is 376 g/mol. The van der Waals surface area contributed by atoms with Gasteiger partial charge in [0.25, 0.3) is 5.56 Å². The predicted octanol–water partition coefficient (Wildman–Crippen LogP) is 3.04. The van der Waals surface area contributed by atoms with Crippen LogP contribution in [-0.2, 0) is 4.74 Å². The van der Waals surface area contributed by atoms with E-state index >= 15 is 0 Å². The molecule has 7 nitrogen and oxygen atoms in total. The van der Waals surface area contributed by atoms with E-state index in [1.54, 1.807) is 17.5 Å². The highest BCUT2D eigenvalue weighted by molar-refractivity contribution is 7.22. The van der Waals surface area contributed by atoms with Gasteiger partial charge in [-0.2, -0.15) is 0 Å². The van der Waals surface area contributed by atoms with E-state index in [1.807, 2.05) is 19.2 Å². The first-order chi connectivity index (χ1) is 13.4. The molecule has 0 radical (unpaired) electrons. The lowest BCUT2D eigenvalue weighted by Crippen LogP contribution is -2.42. The van der Waals surface area contributed by atoms with Crippen molar-refractivity contribution in [3.63, 3.8) is 0 Å². The zero-order valence-corrected chi connectivity index (χ0v) is 17.0. The summed E-state index contributed by atoms with van der Waals surface area (Å²) in [5, 5.41) is 14.0. The van der Waals surface area contributed by atoms with Gasteiger partial charge in [-0.05, 0) is 36.5 Å². The van der Waals surface area contributed by atoms with Crippen LogP contribution in [0.15, 0.2) is 23.3 Å². The number of pyridine rings is 1. The first-order valence-corrected chi connectivity index (χ1v) is 10.3. The Morgan fingerprint density at radius 2 is 2.25 bits per heavy atom. The molecule has 1 aliphatic rings. The second kappa shape index (κ2) is 7.62. The highest BCUT2D eigenvalue weighted by Crippen LogP contribution is 2.36. The smallest absolute Gasteiger partial charge is 0.256 e. The van der Waals surface area contributed by atoms with Crippen LogP contribution in [0.25, 0.3) is 20.7 Å². The van der Waals surface area contributed by atoms with Crippen molar-refractivity contribution in [2.24, 2.45) is 0 Å². The summed E-state index contributed by atoms with van der Waals surface area (Å²) >= 11 is 1.58. The number of ether oxygens (including phenoxy) is 1. The van der Waals surface area contributed by atoms with Crippen LogP contribution in [0.5, 0.6) is 0 Å². The van der Waals surface area contributed by atoms with Crippen molar-refractivity contribution in [2.45, 2.75) is 45.3 Å². The maximum absolute atomic E-state index is 12.3. The number of nitrogens with zero attached hydrogens (tertiary/aromatic N) is 2. The number of H-pyrrole nitrogens is 1. The van der Waals surface area contributed by atoms with Gasteiger partial charge in [-0.15, -0.1) is 11.3 Å². The van der Waals surface area contributed by atoms with E-state index in [1.165, 1.54) is 0 Å². The van der Waals surface area contributed by atoms with Gasteiger partial charge < -0.3 is 20.1 Å². The van der Waals surface area contributed by atoms with Crippen LogP contribution in [0.3, 0.4) is 0 Å². The normalized spacial score (nSPS) is 20.0. The van der Waals surface area contributed by atoms with Gasteiger partial charge in [0.05, 0.1) is 34.7 Å². The van der Waals surface area contributed by atoms with Gasteiger partial charge in [0.15, 0.2) is 0 Å². The minimum atomic E-state index is -0.585. The lowest BCUT2D eigenvalue weighted by molar-refractivity contribution is -0.0136. The summed E-state index contributed by atoms with van der Waals surface area (Å²) in [4.78, 5) is 25.2. The average molecular weight is 401 g/mol. The highest BCUT2D eigenvalue weighted by atomic mass is 32.1. The number of nitrogens with one attached hydrogen (secondary N) is 2. The summed E-state index contributed by atoms with van der Waals surface area (Å²) in [6.07, 6.45) is 3.69. The third-order valence-electron chi connectivity index (χ3n) is 5.07. The van der Waals surface area contributed by atoms with Gasteiger partial charge in [-0.3, -0.25) is 4.79 Å². The van der Waals surface area contributed by atoms with E-state index in [0.29, 0.717) is 36.9 Å². The predicted molar refractivity (Wildman–Crippen MR) is 111 cm³/mol. The number of thiophene rings is 1. The maximum atomic E-state index is 12.3. The number of rotatable bonds is 4. The molecule has 0 unspecified atom stereocenters. The molecule has 3 aromatic rings. The number of aromatic amines is 1. The van der Waals surface area contributed by atoms with Gasteiger partial charge >= 0.3 is 0 Å². The first-order valence-electron chi connectivity index (χ1n) is 9.45. The molecule has 0 bridgehead atoms. The van der Waals surface area contributed by atoms with Crippen molar-refractivity contribution in [1.82, 2.24) is 15.0 Å². The Labute approximate surface area is 166 Å². The molecule has 1 saturated heterocycles. The number of aromatic nitrogens is 3. The van der Waals surface area contributed by atoms with Gasteiger partial charge in [-0.25, -0.2) is 9.97 Å². The molecule has 2 atom stereocenters. The fraction of sp³-hybridized carbons (Fsp3) is 0.450. The average Bonchev–Trinajstić information content (AvgIpc) is 3.11. The molecule has 3 N–H and O–H groups in total. The number of aliphatic hydroxyl groups excluding tert-OH is 1. The van der Waals surface area contributed by atoms with Crippen molar-refractivity contribution < 1.29 is 9.84 Å².